The van der Waals surface area contributed by atoms with Crippen LogP contribution in [0.1, 0.15) is 55.4 Å². The molecule has 0 aliphatic heterocycles. The number of hydrogen-bond acceptors (Lipinski definition) is 5. The number of aromatic nitrogens is 1. The molecule has 0 unspecified atom stereocenters. The van der Waals surface area contributed by atoms with Gasteiger partial charge in [0.2, 0.25) is 0 Å². The highest BCUT2D eigenvalue weighted by Gasteiger charge is 2.69. The lowest BCUT2D eigenvalue weighted by molar-refractivity contribution is -0.141. The first-order chi connectivity index (χ1) is 13.7. The monoisotopic (exact) mass is 421 g/mol. The summed E-state index contributed by atoms with van der Waals surface area (Å²) in [7, 11) is 0. The first kappa shape index (κ1) is 19.7. The van der Waals surface area contributed by atoms with Crippen LogP contribution >= 0.6 is 11.6 Å². The summed E-state index contributed by atoms with van der Waals surface area (Å²) in [6.07, 6.45) is 3.33. The van der Waals surface area contributed by atoms with E-state index in [1.54, 1.807) is 0 Å². The summed E-state index contributed by atoms with van der Waals surface area (Å²) in [6.45, 7) is 3.65. The Hall–Kier alpha value is -2.61. The Kier molecular flexibility index (Phi) is 4.77. The van der Waals surface area contributed by atoms with E-state index in [2.05, 4.69) is 15.6 Å². The second kappa shape index (κ2) is 7.02. The number of halogens is 2. The number of carbonyl (C=O) groups excluding carboxylic acids is 2. The third kappa shape index (κ3) is 3.81. The maximum absolute atomic E-state index is 13.4. The molecule has 0 atom stereocenters. The van der Waals surface area contributed by atoms with E-state index >= 15 is 0 Å². The minimum absolute atomic E-state index is 0.00550. The third-order valence-corrected chi connectivity index (χ3v) is 5.63. The zero-order chi connectivity index (χ0) is 20.8. The van der Waals surface area contributed by atoms with E-state index in [4.69, 9.17) is 20.8 Å². The van der Waals surface area contributed by atoms with Crippen LogP contribution in [0.2, 0.25) is 5.02 Å². The number of carbonyl (C=O) groups is 2. The van der Waals surface area contributed by atoms with Crippen LogP contribution in [0.4, 0.5) is 4.39 Å². The number of nitrogens with one attached hydrogen (secondary N) is 2. The maximum Gasteiger partial charge on any atom is 0.273 e. The van der Waals surface area contributed by atoms with Gasteiger partial charge in [-0.05, 0) is 31.4 Å². The van der Waals surface area contributed by atoms with Crippen LogP contribution in [-0.2, 0) is 4.79 Å². The lowest BCUT2D eigenvalue weighted by atomic mass is 9.44. The molecule has 5 rings (SSSR count). The molecule has 29 heavy (non-hydrogen) atoms. The van der Waals surface area contributed by atoms with E-state index in [9.17, 15) is 14.0 Å². The van der Waals surface area contributed by atoms with Crippen molar-refractivity contribution >= 4 is 23.4 Å². The fraction of sp³-hybridized carbons (Fsp3) is 0.450. The molecule has 2 bridgehead atoms. The first-order valence-corrected chi connectivity index (χ1v) is 9.74. The van der Waals surface area contributed by atoms with Crippen LogP contribution in [0, 0.1) is 5.82 Å². The van der Waals surface area contributed by atoms with E-state index in [1.165, 1.54) is 18.4 Å². The van der Waals surface area contributed by atoms with Crippen LogP contribution in [0.3, 0.4) is 0 Å². The predicted octanol–water partition coefficient (Wildman–Crippen LogP) is 3.19. The largest absolute Gasteiger partial charge is 0.484 e. The highest BCUT2D eigenvalue weighted by molar-refractivity contribution is 6.30. The standard InChI is InChI=1S/C20H21ClFN3O4/c1-11(2)18-23-15(6-29-18)17(27)25-20-8-19(9-20,10-20)24-16(26)7-28-12-3-4-13(21)14(22)5-12/h3-6,11H,7-10H2,1-2H3,(H,24,26)(H,25,27). The van der Waals surface area contributed by atoms with Crippen LogP contribution in [-0.4, -0.2) is 34.5 Å². The van der Waals surface area contributed by atoms with Crippen LogP contribution in [0.15, 0.2) is 28.9 Å². The molecule has 2 amide bonds. The highest BCUT2D eigenvalue weighted by atomic mass is 35.5. The van der Waals surface area contributed by atoms with Crippen molar-refractivity contribution in [1.82, 2.24) is 15.6 Å². The molecule has 1 aromatic carbocycles. The number of hydrogen-bond donors (Lipinski definition) is 2. The molecule has 7 nitrogen and oxygen atoms in total. The van der Waals surface area contributed by atoms with Gasteiger partial charge in [0, 0.05) is 23.1 Å². The molecule has 2 aromatic rings. The summed E-state index contributed by atoms with van der Waals surface area (Å²) >= 11 is 5.62. The Balaban J connectivity index is 1.23. The van der Waals surface area contributed by atoms with Gasteiger partial charge in [0.25, 0.3) is 11.8 Å². The van der Waals surface area contributed by atoms with Crippen molar-refractivity contribution in [2.45, 2.75) is 50.1 Å². The second-order valence-electron chi connectivity index (χ2n) is 8.18. The quantitative estimate of drug-likeness (QED) is 0.716. The van der Waals surface area contributed by atoms with Gasteiger partial charge in [-0.25, -0.2) is 9.37 Å². The Bertz CT molecular complexity index is 955. The number of ether oxygens (including phenoxy) is 1. The molecule has 3 fully saturated rings. The van der Waals surface area contributed by atoms with Crippen molar-refractivity contribution in [3.63, 3.8) is 0 Å². The van der Waals surface area contributed by atoms with Crippen molar-refractivity contribution in [3.8, 4) is 5.75 Å². The molecule has 9 heteroatoms. The topological polar surface area (TPSA) is 93.5 Å². The molecule has 1 heterocycles. The molecule has 3 aliphatic carbocycles. The molecule has 3 saturated carbocycles. The molecule has 2 N–H and O–H groups in total. The average molecular weight is 422 g/mol. The van der Waals surface area contributed by atoms with Gasteiger partial charge in [0.05, 0.1) is 5.02 Å². The number of benzene rings is 1. The summed E-state index contributed by atoms with van der Waals surface area (Å²) in [5, 5.41) is 5.93. The molecular weight excluding hydrogens is 401 g/mol. The molecule has 3 aliphatic rings. The van der Waals surface area contributed by atoms with E-state index in [-0.39, 0.29) is 51.9 Å². The number of nitrogens with zero attached hydrogens (tertiary/aromatic N) is 1. The molecule has 0 spiro atoms. The second-order valence-corrected chi connectivity index (χ2v) is 8.59. The van der Waals surface area contributed by atoms with Gasteiger partial charge in [0.1, 0.15) is 17.8 Å². The third-order valence-electron chi connectivity index (χ3n) is 5.32. The SMILES string of the molecule is CC(C)c1nc(C(=O)NC23CC(NC(=O)COc4ccc(Cl)c(F)c4)(C2)C3)co1. The van der Waals surface area contributed by atoms with E-state index in [0.717, 1.165) is 6.07 Å². The lowest BCUT2D eigenvalue weighted by Gasteiger charge is -2.70. The van der Waals surface area contributed by atoms with Gasteiger partial charge >= 0.3 is 0 Å². The van der Waals surface area contributed by atoms with Crippen LogP contribution in [0.5, 0.6) is 5.75 Å². The zero-order valence-corrected chi connectivity index (χ0v) is 16.8. The fourth-order valence-electron chi connectivity index (χ4n) is 4.06. The van der Waals surface area contributed by atoms with Crippen molar-refractivity contribution < 1.29 is 23.1 Å². The maximum atomic E-state index is 13.4. The molecular formula is C20H21ClFN3O4. The van der Waals surface area contributed by atoms with Crippen molar-refractivity contribution in [3.05, 3.63) is 46.9 Å². The summed E-state index contributed by atoms with van der Waals surface area (Å²) in [5.74, 6) is -0.300. The van der Waals surface area contributed by atoms with Gasteiger partial charge < -0.3 is 19.8 Å². The normalized spacial score (nSPS) is 24.4. The zero-order valence-electron chi connectivity index (χ0n) is 16.1. The van der Waals surface area contributed by atoms with Crippen LogP contribution in [0.25, 0.3) is 0 Å². The van der Waals surface area contributed by atoms with Gasteiger partial charge in [-0.1, -0.05) is 25.4 Å². The van der Waals surface area contributed by atoms with Crippen molar-refractivity contribution in [1.29, 1.82) is 0 Å². The minimum atomic E-state index is -0.602. The minimum Gasteiger partial charge on any atom is -0.484 e. The predicted molar refractivity (Wildman–Crippen MR) is 102 cm³/mol. The molecule has 154 valence electrons. The van der Waals surface area contributed by atoms with Gasteiger partial charge in [0.15, 0.2) is 18.2 Å². The Morgan fingerprint density at radius 3 is 2.59 bits per heavy atom. The Morgan fingerprint density at radius 1 is 1.28 bits per heavy atom. The highest BCUT2D eigenvalue weighted by Crippen LogP contribution is 2.60. The summed E-state index contributed by atoms with van der Waals surface area (Å²) < 4.78 is 24.0. The smallest absolute Gasteiger partial charge is 0.273 e. The van der Waals surface area contributed by atoms with E-state index in [0.29, 0.717) is 25.2 Å². The number of oxazole rings is 1. The van der Waals surface area contributed by atoms with E-state index in [1.807, 2.05) is 13.8 Å². The van der Waals surface area contributed by atoms with Gasteiger partial charge in [-0.15, -0.1) is 0 Å². The Morgan fingerprint density at radius 2 is 1.97 bits per heavy atom. The van der Waals surface area contributed by atoms with Gasteiger partial charge in [-0.3, -0.25) is 9.59 Å². The molecule has 0 radical (unpaired) electrons. The van der Waals surface area contributed by atoms with Crippen molar-refractivity contribution in [2.24, 2.45) is 0 Å². The Labute approximate surface area is 172 Å². The van der Waals surface area contributed by atoms with Gasteiger partial charge in [-0.2, -0.15) is 0 Å². The fourth-order valence-corrected chi connectivity index (χ4v) is 4.18. The molecule has 0 saturated heterocycles. The van der Waals surface area contributed by atoms with Crippen molar-refractivity contribution in [2.75, 3.05) is 6.61 Å². The summed E-state index contributed by atoms with van der Waals surface area (Å²) in [4.78, 5) is 28.7. The first-order valence-electron chi connectivity index (χ1n) is 9.36. The van der Waals surface area contributed by atoms with Crippen LogP contribution < -0.4 is 15.4 Å². The number of amides is 2. The summed E-state index contributed by atoms with van der Waals surface area (Å²) in [6, 6.07) is 4.01. The van der Waals surface area contributed by atoms with E-state index < -0.39 is 5.82 Å². The summed E-state index contributed by atoms with van der Waals surface area (Å²) in [5.41, 5.74) is -0.354. The molecule has 1 aromatic heterocycles. The lowest BCUT2D eigenvalue weighted by Crippen LogP contribution is -2.84. The average Bonchev–Trinajstić information content (AvgIpc) is 3.10. The number of rotatable bonds is 7.